The van der Waals surface area contributed by atoms with Gasteiger partial charge in [0, 0.05) is 24.2 Å². The van der Waals surface area contributed by atoms with Crippen LogP contribution in [0, 0.1) is 0 Å². The van der Waals surface area contributed by atoms with Crippen molar-refractivity contribution in [3.8, 4) is 11.5 Å². The second-order valence-corrected chi connectivity index (χ2v) is 5.17. The molecule has 0 aliphatic heterocycles. The van der Waals surface area contributed by atoms with Crippen LogP contribution in [0.2, 0.25) is 0 Å². The maximum atomic E-state index is 5.38. The zero-order valence-electron chi connectivity index (χ0n) is 14.9. The number of guanidine groups is 1. The van der Waals surface area contributed by atoms with Crippen molar-refractivity contribution in [3.63, 3.8) is 0 Å². The summed E-state index contributed by atoms with van der Waals surface area (Å²) < 4.78 is 10.8. The SMILES string of the molecule is CCNC(=NCc1ccccc1OC)NCc1ccccc1OC.I. The normalized spacial score (nSPS) is 10.6. The quantitative estimate of drug-likeness (QED) is 0.381. The van der Waals surface area contributed by atoms with Crippen LogP contribution in [-0.2, 0) is 13.1 Å². The Balaban J connectivity index is 0.00000312. The predicted octanol–water partition coefficient (Wildman–Crippen LogP) is 3.58. The topological polar surface area (TPSA) is 54.9 Å². The first-order chi connectivity index (χ1) is 11.8. The second kappa shape index (κ2) is 11.6. The van der Waals surface area contributed by atoms with Crippen LogP contribution in [-0.4, -0.2) is 26.7 Å². The molecule has 0 radical (unpaired) electrons. The number of aliphatic imine (C=N–C) groups is 1. The van der Waals surface area contributed by atoms with E-state index in [1.54, 1.807) is 14.2 Å². The van der Waals surface area contributed by atoms with Gasteiger partial charge in [0.1, 0.15) is 11.5 Å². The van der Waals surface area contributed by atoms with E-state index in [-0.39, 0.29) is 24.0 Å². The van der Waals surface area contributed by atoms with E-state index in [1.807, 2.05) is 55.5 Å². The summed E-state index contributed by atoms with van der Waals surface area (Å²) in [6, 6.07) is 15.9. The van der Waals surface area contributed by atoms with Crippen molar-refractivity contribution in [1.29, 1.82) is 0 Å². The molecule has 5 nitrogen and oxygen atoms in total. The molecule has 2 N–H and O–H groups in total. The minimum absolute atomic E-state index is 0. The molecule has 6 heteroatoms. The van der Waals surface area contributed by atoms with Crippen LogP contribution in [0.5, 0.6) is 11.5 Å². The van der Waals surface area contributed by atoms with Gasteiger partial charge in [0.2, 0.25) is 0 Å². The summed E-state index contributed by atoms with van der Waals surface area (Å²) in [5.74, 6) is 2.47. The number of hydrogen-bond donors (Lipinski definition) is 2. The van der Waals surface area contributed by atoms with E-state index >= 15 is 0 Å². The van der Waals surface area contributed by atoms with Crippen LogP contribution >= 0.6 is 24.0 Å². The molecule has 0 saturated carbocycles. The fraction of sp³-hybridized carbons (Fsp3) is 0.316. The van der Waals surface area contributed by atoms with Crippen LogP contribution in [0.4, 0.5) is 0 Å². The van der Waals surface area contributed by atoms with Crippen molar-refractivity contribution in [2.24, 2.45) is 4.99 Å². The molecule has 0 bridgehead atoms. The van der Waals surface area contributed by atoms with Gasteiger partial charge in [0.15, 0.2) is 5.96 Å². The zero-order chi connectivity index (χ0) is 17.2. The highest BCUT2D eigenvalue weighted by atomic mass is 127. The van der Waals surface area contributed by atoms with Crippen LogP contribution in [0.1, 0.15) is 18.1 Å². The van der Waals surface area contributed by atoms with Crippen molar-refractivity contribution < 1.29 is 9.47 Å². The van der Waals surface area contributed by atoms with Crippen molar-refractivity contribution >= 4 is 29.9 Å². The first kappa shape index (κ1) is 21.1. The summed E-state index contributed by atoms with van der Waals surface area (Å²) in [4.78, 5) is 4.64. The number of nitrogens with zero attached hydrogens (tertiary/aromatic N) is 1. The Morgan fingerprint density at radius 3 is 2.04 bits per heavy atom. The molecule has 0 amide bonds. The number of benzene rings is 2. The summed E-state index contributed by atoms with van der Waals surface area (Å²) >= 11 is 0. The molecule has 0 atom stereocenters. The molecule has 0 spiro atoms. The van der Waals surface area contributed by atoms with E-state index in [0.29, 0.717) is 13.1 Å². The van der Waals surface area contributed by atoms with Crippen LogP contribution in [0.25, 0.3) is 0 Å². The zero-order valence-corrected chi connectivity index (χ0v) is 17.2. The van der Waals surface area contributed by atoms with Crippen molar-refractivity contribution in [2.45, 2.75) is 20.0 Å². The number of para-hydroxylation sites is 2. The van der Waals surface area contributed by atoms with E-state index in [4.69, 9.17) is 9.47 Å². The first-order valence-corrected chi connectivity index (χ1v) is 8.04. The molecular weight excluding hydrogens is 429 g/mol. The molecule has 0 aromatic heterocycles. The Labute approximate surface area is 166 Å². The second-order valence-electron chi connectivity index (χ2n) is 5.17. The van der Waals surface area contributed by atoms with Gasteiger partial charge in [0.05, 0.1) is 20.8 Å². The number of hydrogen-bond acceptors (Lipinski definition) is 3. The molecule has 2 rings (SSSR count). The summed E-state index contributed by atoms with van der Waals surface area (Å²) in [5, 5.41) is 6.59. The Kier molecular flexibility index (Phi) is 9.76. The minimum Gasteiger partial charge on any atom is -0.496 e. The molecule has 136 valence electrons. The Morgan fingerprint density at radius 1 is 0.880 bits per heavy atom. The Hall–Kier alpha value is -1.96. The highest BCUT2D eigenvalue weighted by Gasteiger charge is 2.05. The van der Waals surface area contributed by atoms with Crippen molar-refractivity contribution in [2.75, 3.05) is 20.8 Å². The lowest BCUT2D eigenvalue weighted by Gasteiger charge is -2.14. The van der Waals surface area contributed by atoms with Gasteiger partial charge in [-0.15, -0.1) is 24.0 Å². The summed E-state index contributed by atoms with van der Waals surface area (Å²) in [6.07, 6.45) is 0. The predicted molar refractivity (Wildman–Crippen MR) is 113 cm³/mol. The van der Waals surface area contributed by atoms with Crippen LogP contribution < -0.4 is 20.1 Å². The first-order valence-electron chi connectivity index (χ1n) is 8.04. The van der Waals surface area contributed by atoms with E-state index in [9.17, 15) is 0 Å². The average Bonchev–Trinajstić information content (AvgIpc) is 2.64. The third kappa shape index (κ3) is 6.45. The highest BCUT2D eigenvalue weighted by Crippen LogP contribution is 2.18. The van der Waals surface area contributed by atoms with E-state index < -0.39 is 0 Å². The smallest absolute Gasteiger partial charge is 0.191 e. The number of nitrogens with one attached hydrogen (secondary N) is 2. The molecule has 0 fully saturated rings. The lowest BCUT2D eigenvalue weighted by Crippen LogP contribution is -2.36. The Morgan fingerprint density at radius 2 is 1.44 bits per heavy atom. The van der Waals surface area contributed by atoms with Gasteiger partial charge in [-0.2, -0.15) is 0 Å². The largest absolute Gasteiger partial charge is 0.496 e. The van der Waals surface area contributed by atoms with Gasteiger partial charge >= 0.3 is 0 Å². The molecule has 0 saturated heterocycles. The van der Waals surface area contributed by atoms with Crippen LogP contribution in [0.15, 0.2) is 53.5 Å². The molecule has 0 heterocycles. The van der Waals surface area contributed by atoms with E-state index in [1.165, 1.54) is 0 Å². The minimum atomic E-state index is 0. The fourth-order valence-corrected chi connectivity index (χ4v) is 2.37. The lowest BCUT2D eigenvalue weighted by molar-refractivity contribution is 0.409. The molecular formula is C19H26IN3O2. The molecule has 0 aliphatic rings. The highest BCUT2D eigenvalue weighted by molar-refractivity contribution is 14.0. The van der Waals surface area contributed by atoms with Crippen LogP contribution in [0.3, 0.4) is 0 Å². The average molecular weight is 455 g/mol. The fourth-order valence-electron chi connectivity index (χ4n) is 2.37. The van der Waals surface area contributed by atoms with E-state index in [0.717, 1.165) is 35.1 Å². The number of halogens is 1. The monoisotopic (exact) mass is 455 g/mol. The molecule has 2 aromatic carbocycles. The maximum Gasteiger partial charge on any atom is 0.191 e. The molecule has 25 heavy (non-hydrogen) atoms. The molecule has 2 aromatic rings. The summed E-state index contributed by atoms with van der Waals surface area (Å²) in [5.41, 5.74) is 2.14. The van der Waals surface area contributed by atoms with Gasteiger partial charge in [-0.05, 0) is 19.1 Å². The Bertz CT molecular complexity index is 677. The third-order valence-corrected chi connectivity index (χ3v) is 3.58. The van der Waals surface area contributed by atoms with Gasteiger partial charge in [0.25, 0.3) is 0 Å². The summed E-state index contributed by atoms with van der Waals surface area (Å²) in [7, 11) is 3.35. The molecule has 0 unspecified atom stereocenters. The van der Waals surface area contributed by atoms with E-state index in [2.05, 4.69) is 15.6 Å². The van der Waals surface area contributed by atoms with Gasteiger partial charge in [-0.1, -0.05) is 36.4 Å². The number of rotatable bonds is 7. The lowest BCUT2D eigenvalue weighted by atomic mass is 10.2. The van der Waals surface area contributed by atoms with Crippen molar-refractivity contribution in [3.05, 3.63) is 59.7 Å². The van der Waals surface area contributed by atoms with Crippen molar-refractivity contribution in [1.82, 2.24) is 10.6 Å². The standard InChI is InChI=1S/C19H25N3O2.HI/c1-4-20-19(21-13-15-9-5-7-11-17(15)23-2)22-14-16-10-6-8-12-18(16)24-3;/h5-12H,4,13-14H2,1-3H3,(H2,20,21,22);1H. The maximum absolute atomic E-state index is 5.38. The van der Waals surface area contributed by atoms with Gasteiger partial charge in [-0.25, -0.2) is 4.99 Å². The van der Waals surface area contributed by atoms with Gasteiger partial charge < -0.3 is 20.1 Å². The third-order valence-electron chi connectivity index (χ3n) is 3.58. The number of methoxy groups -OCH3 is 2. The number of ether oxygens (including phenoxy) is 2. The van der Waals surface area contributed by atoms with Gasteiger partial charge in [-0.3, -0.25) is 0 Å². The molecule has 0 aliphatic carbocycles. The summed E-state index contributed by atoms with van der Waals surface area (Å²) in [6.45, 7) is 4.03.